The highest BCUT2D eigenvalue weighted by Gasteiger charge is 2.38. The largest absolute Gasteiger partial charge is 0.391 e. The van der Waals surface area contributed by atoms with Gasteiger partial charge in [0.05, 0.1) is 22.4 Å². The first-order valence-corrected chi connectivity index (χ1v) is 10.7. The molecular weight excluding hydrogens is 406 g/mol. The fourth-order valence-electron chi connectivity index (χ4n) is 2.96. The lowest BCUT2D eigenvalue weighted by Gasteiger charge is -2.21. The molecule has 0 unspecified atom stereocenters. The lowest BCUT2D eigenvalue weighted by molar-refractivity contribution is -0.121. The quantitative estimate of drug-likeness (QED) is 0.651. The number of carbonyl (C=O) groups is 2. The number of nitrogens with two attached hydrogens (primary N) is 1. The topological polar surface area (TPSA) is 138 Å². The fourth-order valence-corrected chi connectivity index (χ4v) is 3.88. The number of carbonyl (C=O) groups excluding carboxylic acids is 2. The number of thiazole rings is 1. The molecule has 1 aliphatic heterocycles. The minimum atomic E-state index is -0.829. The second kappa shape index (κ2) is 10.3. The number of likely N-dealkylation sites (tertiary alicyclic amines) is 1. The van der Waals surface area contributed by atoms with Gasteiger partial charge >= 0.3 is 6.03 Å². The summed E-state index contributed by atoms with van der Waals surface area (Å²) in [5.74, 6) is -0.0370. The highest BCUT2D eigenvalue weighted by molar-refractivity contribution is 7.19. The summed E-state index contributed by atoms with van der Waals surface area (Å²) >= 11 is 1.28. The van der Waals surface area contributed by atoms with Crippen molar-refractivity contribution < 1.29 is 14.7 Å². The first-order chi connectivity index (χ1) is 14.3. The van der Waals surface area contributed by atoms with Crippen molar-refractivity contribution in [2.45, 2.75) is 46.3 Å². The number of primary amides is 1. The van der Waals surface area contributed by atoms with Crippen LogP contribution in [0.1, 0.15) is 32.9 Å². The molecule has 3 amide bonds. The number of aliphatic hydroxyl groups is 1. The van der Waals surface area contributed by atoms with E-state index < -0.39 is 24.1 Å². The maximum atomic E-state index is 12.5. The van der Waals surface area contributed by atoms with Crippen molar-refractivity contribution in [2.24, 2.45) is 5.73 Å². The number of urea groups is 1. The lowest BCUT2D eigenvalue weighted by atomic mass is 10.2. The van der Waals surface area contributed by atoms with Gasteiger partial charge in [-0.05, 0) is 19.9 Å². The van der Waals surface area contributed by atoms with Crippen LogP contribution in [0.15, 0.2) is 12.3 Å². The Morgan fingerprint density at radius 3 is 2.73 bits per heavy atom. The van der Waals surface area contributed by atoms with Crippen LogP contribution >= 0.6 is 11.3 Å². The molecule has 3 heterocycles. The van der Waals surface area contributed by atoms with Crippen LogP contribution in [0.25, 0.3) is 10.6 Å². The van der Waals surface area contributed by atoms with Gasteiger partial charge in [-0.3, -0.25) is 10.1 Å². The summed E-state index contributed by atoms with van der Waals surface area (Å²) in [5.41, 5.74) is 6.77. The van der Waals surface area contributed by atoms with Gasteiger partial charge in [-0.25, -0.2) is 19.7 Å². The van der Waals surface area contributed by atoms with Crippen molar-refractivity contribution in [3.05, 3.63) is 18.0 Å². The van der Waals surface area contributed by atoms with E-state index in [9.17, 15) is 14.7 Å². The molecule has 30 heavy (non-hydrogen) atoms. The van der Waals surface area contributed by atoms with Crippen LogP contribution in [0.2, 0.25) is 0 Å². The zero-order valence-corrected chi connectivity index (χ0v) is 18.7. The Morgan fingerprint density at radius 2 is 2.10 bits per heavy atom. The van der Waals surface area contributed by atoms with E-state index in [1.54, 1.807) is 12.3 Å². The third-order valence-electron chi connectivity index (χ3n) is 4.57. The lowest BCUT2D eigenvalue weighted by Crippen LogP contribution is -2.45. The van der Waals surface area contributed by atoms with E-state index in [1.165, 1.54) is 16.2 Å². The highest BCUT2D eigenvalue weighted by Crippen LogP contribution is 2.32. The molecule has 0 aliphatic carbocycles. The molecule has 11 heteroatoms. The van der Waals surface area contributed by atoms with Crippen LogP contribution < -0.4 is 16.0 Å². The molecule has 10 nitrogen and oxygen atoms in total. The van der Waals surface area contributed by atoms with Crippen LogP contribution in [0.3, 0.4) is 0 Å². The molecule has 0 saturated carbocycles. The predicted octanol–water partition coefficient (Wildman–Crippen LogP) is 1.84. The summed E-state index contributed by atoms with van der Waals surface area (Å²) in [6.45, 7) is 8.67. The second-order valence-corrected chi connectivity index (χ2v) is 7.58. The minimum Gasteiger partial charge on any atom is -0.391 e. The number of anilines is 2. The molecule has 4 N–H and O–H groups in total. The Hall–Kier alpha value is -2.79. The van der Waals surface area contributed by atoms with Crippen molar-refractivity contribution in [1.82, 2.24) is 19.9 Å². The monoisotopic (exact) mass is 435 g/mol. The molecule has 2 aromatic heterocycles. The fraction of sp³-hybridized carbons (Fsp3) is 0.526. The standard InChI is InChI=1S/C17H23N7O3S.C2H6/c1-4-23(3)15-19-6-5-11(21-15)13-9(2)20-16(28-13)22-17(27)24-8-10(25)7-12(24)14(18)26;1-2/h5-6,10,12,25H,4,7-8H2,1-3H3,(H2,18,26)(H,20,22,27);1-2H3/t10-,12-;/m0./s1. The van der Waals surface area contributed by atoms with E-state index in [-0.39, 0.29) is 13.0 Å². The van der Waals surface area contributed by atoms with Crippen LogP contribution in [0, 0.1) is 6.92 Å². The van der Waals surface area contributed by atoms with Crippen LogP contribution in [0.4, 0.5) is 15.9 Å². The number of nitrogens with one attached hydrogen (secondary N) is 1. The van der Waals surface area contributed by atoms with E-state index in [0.717, 1.165) is 17.1 Å². The van der Waals surface area contributed by atoms with Crippen molar-refractivity contribution in [3.63, 3.8) is 0 Å². The van der Waals surface area contributed by atoms with Crippen molar-refractivity contribution in [1.29, 1.82) is 0 Å². The van der Waals surface area contributed by atoms with Gasteiger partial charge in [0.15, 0.2) is 5.13 Å². The molecular formula is C19H29N7O3S. The van der Waals surface area contributed by atoms with E-state index in [1.807, 2.05) is 39.6 Å². The minimum absolute atomic E-state index is 0.0509. The molecule has 164 valence electrons. The van der Waals surface area contributed by atoms with Gasteiger partial charge < -0.3 is 20.6 Å². The van der Waals surface area contributed by atoms with Crippen molar-refractivity contribution in [3.8, 4) is 10.6 Å². The summed E-state index contributed by atoms with van der Waals surface area (Å²) < 4.78 is 0. The summed E-state index contributed by atoms with van der Waals surface area (Å²) in [5, 5.41) is 12.8. The number of hydrogen-bond acceptors (Lipinski definition) is 8. The Labute approximate surface area is 180 Å². The first-order valence-electron chi connectivity index (χ1n) is 9.87. The number of amides is 3. The molecule has 2 atom stereocenters. The van der Waals surface area contributed by atoms with E-state index in [0.29, 0.717) is 16.8 Å². The van der Waals surface area contributed by atoms with Crippen molar-refractivity contribution >= 4 is 34.4 Å². The molecule has 0 radical (unpaired) electrons. The zero-order chi connectivity index (χ0) is 22.4. The first kappa shape index (κ1) is 23.5. The smallest absolute Gasteiger partial charge is 0.324 e. The Kier molecular flexibility index (Phi) is 8.07. The summed E-state index contributed by atoms with van der Waals surface area (Å²) in [4.78, 5) is 41.3. The van der Waals surface area contributed by atoms with Crippen LogP contribution in [-0.2, 0) is 4.79 Å². The molecule has 1 aliphatic rings. The maximum absolute atomic E-state index is 12.5. The second-order valence-electron chi connectivity index (χ2n) is 6.58. The average molecular weight is 436 g/mol. The summed E-state index contributed by atoms with van der Waals surface area (Å²) in [7, 11) is 1.91. The number of aliphatic hydroxyl groups excluding tert-OH is 1. The van der Waals surface area contributed by atoms with Gasteiger partial charge in [-0.2, -0.15) is 0 Å². The number of β-amino-alcohol motifs (C(OH)–C–C–N with tert-alkyl or cyclic N) is 1. The normalized spacial score (nSPS) is 17.9. The molecule has 2 aromatic rings. The number of hydrogen-bond donors (Lipinski definition) is 3. The number of aromatic nitrogens is 3. The van der Waals surface area contributed by atoms with Gasteiger partial charge in [-0.1, -0.05) is 25.2 Å². The molecule has 0 aromatic carbocycles. The number of nitrogens with zero attached hydrogens (tertiary/aromatic N) is 5. The third-order valence-corrected chi connectivity index (χ3v) is 5.67. The van der Waals surface area contributed by atoms with E-state index in [2.05, 4.69) is 20.3 Å². The van der Waals surface area contributed by atoms with Gasteiger partial charge in [-0.15, -0.1) is 0 Å². The zero-order valence-electron chi connectivity index (χ0n) is 17.9. The molecule has 0 bridgehead atoms. The van der Waals surface area contributed by atoms with Crippen LogP contribution in [0.5, 0.6) is 0 Å². The Bertz CT molecular complexity index is 889. The summed E-state index contributed by atoms with van der Waals surface area (Å²) in [6.07, 6.45) is 1.05. The van der Waals surface area contributed by atoms with E-state index in [4.69, 9.17) is 5.73 Å². The van der Waals surface area contributed by atoms with Crippen molar-refractivity contribution in [2.75, 3.05) is 30.4 Å². The average Bonchev–Trinajstić information content (AvgIpc) is 3.31. The van der Waals surface area contributed by atoms with Gasteiger partial charge in [0.1, 0.15) is 6.04 Å². The Balaban J connectivity index is 0.00000155. The molecule has 3 rings (SSSR count). The number of rotatable bonds is 5. The predicted molar refractivity (Wildman–Crippen MR) is 117 cm³/mol. The Morgan fingerprint density at radius 1 is 1.40 bits per heavy atom. The molecule has 0 spiro atoms. The SMILES string of the molecule is CC.CCN(C)c1nccc(-c2sc(NC(=O)N3C[C@@H](O)C[C@H]3C(N)=O)nc2C)n1. The van der Waals surface area contributed by atoms with E-state index >= 15 is 0 Å². The third kappa shape index (κ3) is 5.22. The maximum Gasteiger partial charge on any atom is 0.324 e. The molecule has 1 fully saturated rings. The van der Waals surface area contributed by atoms with Gasteiger partial charge in [0.2, 0.25) is 11.9 Å². The van der Waals surface area contributed by atoms with Gasteiger partial charge in [0, 0.05) is 32.8 Å². The summed E-state index contributed by atoms with van der Waals surface area (Å²) in [6, 6.07) is 0.443. The van der Waals surface area contributed by atoms with Crippen LogP contribution in [-0.4, -0.2) is 69.2 Å². The highest BCUT2D eigenvalue weighted by atomic mass is 32.1. The number of aryl methyl sites for hydroxylation is 1. The molecule has 1 saturated heterocycles. The van der Waals surface area contributed by atoms with Gasteiger partial charge in [0.25, 0.3) is 0 Å².